The van der Waals surface area contributed by atoms with Gasteiger partial charge in [-0.05, 0) is 55.2 Å². The summed E-state index contributed by atoms with van der Waals surface area (Å²) < 4.78 is 0. The average molecular weight is 491 g/mol. The van der Waals surface area contributed by atoms with Crippen LogP contribution in [-0.4, -0.2) is 44.9 Å². The molecular formula is C30H26N4O3. The summed E-state index contributed by atoms with van der Waals surface area (Å²) >= 11 is 0. The Bertz CT molecular complexity index is 1490. The summed E-state index contributed by atoms with van der Waals surface area (Å²) in [4.78, 5) is 35.7. The Morgan fingerprint density at radius 2 is 1.70 bits per heavy atom. The van der Waals surface area contributed by atoms with Gasteiger partial charge in [-0.15, -0.1) is 0 Å². The van der Waals surface area contributed by atoms with Crippen LogP contribution in [-0.2, 0) is 11.2 Å². The fourth-order valence-corrected chi connectivity index (χ4v) is 4.66. The first kappa shape index (κ1) is 24.1. The van der Waals surface area contributed by atoms with Gasteiger partial charge in [0.1, 0.15) is 0 Å². The lowest BCUT2D eigenvalue weighted by atomic mass is 9.90. The van der Waals surface area contributed by atoms with Gasteiger partial charge in [-0.3, -0.25) is 9.59 Å². The zero-order valence-corrected chi connectivity index (χ0v) is 20.3. The van der Waals surface area contributed by atoms with Gasteiger partial charge >= 0.3 is 5.97 Å². The van der Waals surface area contributed by atoms with Crippen LogP contribution in [0.1, 0.15) is 52.4 Å². The number of fused-ring (bicyclic) bond motifs is 1. The second-order valence-corrected chi connectivity index (χ2v) is 9.33. The lowest BCUT2D eigenvalue weighted by Gasteiger charge is -2.39. The molecule has 0 saturated carbocycles. The fourth-order valence-electron chi connectivity index (χ4n) is 4.66. The molecule has 0 bridgehead atoms. The van der Waals surface area contributed by atoms with Crippen LogP contribution in [0.15, 0.2) is 72.8 Å². The van der Waals surface area contributed by atoms with Crippen LogP contribution in [0.25, 0.3) is 22.3 Å². The summed E-state index contributed by atoms with van der Waals surface area (Å²) in [6.45, 7) is 1.27. The summed E-state index contributed by atoms with van der Waals surface area (Å²) in [5.74, 6) is -0.574. The zero-order valence-electron chi connectivity index (χ0n) is 20.3. The SMILES string of the molecule is N#Cc1ccc(C2CN(C(=O)c3ccc4nc(-c5ccccc5)c(CCCCC(=O)O)nc4c3)C2)cc1. The summed E-state index contributed by atoms with van der Waals surface area (Å²) in [6.07, 6.45) is 1.99. The maximum Gasteiger partial charge on any atom is 0.303 e. The van der Waals surface area contributed by atoms with Crippen LogP contribution in [0.2, 0.25) is 0 Å². The molecule has 0 atom stereocenters. The molecular weight excluding hydrogens is 464 g/mol. The molecule has 2 heterocycles. The molecule has 1 fully saturated rings. The molecule has 0 unspecified atom stereocenters. The number of unbranched alkanes of at least 4 members (excludes halogenated alkanes) is 1. The number of likely N-dealkylation sites (tertiary alicyclic amines) is 1. The Morgan fingerprint density at radius 3 is 2.41 bits per heavy atom. The number of nitrogens with zero attached hydrogens (tertiary/aromatic N) is 4. The van der Waals surface area contributed by atoms with E-state index in [1.54, 1.807) is 12.1 Å². The van der Waals surface area contributed by atoms with Crippen molar-refractivity contribution in [3.05, 3.63) is 95.2 Å². The number of aryl methyl sites for hydroxylation is 1. The minimum absolute atomic E-state index is 0.0382. The Balaban J connectivity index is 1.36. The first-order valence-electron chi connectivity index (χ1n) is 12.4. The van der Waals surface area contributed by atoms with Crippen molar-refractivity contribution >= 4 is 22.9 Å². The Morgan fingerprint density at radius 1 is 0.946 bits per heavy atom. The van der Waals surface area contributed by atoms with E-state index in [4.69, 9.17) is 20.3 Å². The smallest absolute Gasteiger partial charge is 0.303 e. The van der Waals surface area contributed by atoms with E-state index in [0.29, 0.717) is 54.5 Å². The Labute approximate surface area is 215 Å². The number of carbonyl (C=O) groups excluding carboxylic acids is 1. The van der Waals surface area contributed by atoms with Gasteiger partial charge in [-0.1, -0.05) is 42.5 Å². The second kappa shape index (κ2) is 10.6. The largest absolute Gasteiger partial charge is 0.481 e. The molecule has 0 spiro atoms. The number of carboxylic acids is 1. The van der Waals surface area contributed by atoms with Crippen molar-refractivity contribution in [1.82, 2.24) is 14.9 Å². The molecule has 0 aliphatic carbocycles. The lowest BCUT2D eigenvalue weighted by molar-refractivity contribution is -0.137. The van der Waals surface area contributed by atoms with E-state index < -0.39 is 5.97 Å². The molecule has 1 saturated heterocycles. The molecule has 3 aromatic carbocycles. The quantitative estimate of drug-likeness (QED) is 0.340. The van der Waals surface area contributed by atoms with Crippen LogP contribution in [0.4, 0.5) is 0 Å². The van der Waals surface area contributed by atoms with Crippen LogP contribution in [0.5, 0.6) is 0 Å². The number of carboxylic acid groups (broad SMARTS) is 1. The van der Waals surface area contributed by atoms with Crippen LogP contribution in [0, 0.1) is 11.3 Å². The van der Waals surface area contributed by atoms with E-state index in [0.717, 1.165) is 22.5 Å². The third-order valence-corrected chi connectivity index (χ3v) is 6.76. The monoisotopic (exact) mass is 490 g/mol. The van der Waals surface area contributed by atoms with Gasteiger partial charge < -0.3 is 10.0 Å². The Kier molecular flexibility index (Phi) is 6.91. The van der Waals surface area contributed by atoms with E-state index in [1.807, 2.05) is 65.6 Å². The maximum absolute atomic E-state index is 13.2. The van der Waals surface area contributed by atoms with Crippen molar-refractivity contribution in [3.8, 4) is 17.3 Å². The van der Waals surface area contributed by atoms with Crippen LogP contribution in [0.3, 0.4) is 0 Å². The number of nitriles is 1. The standard InChI is InChI=1S/C30H26N4O3/c31-17-20-10-12-21(13-11-20)24-18-34(19-24)30(37)23-14-15-25-27(16-23)32-26(8-4-5-9-28(35)36)29(33-25)22-6-2-1-3-7-22/h1-3,6-7,10-16,24H,4-5,8-9,18-19H2,(H,35,36). The van der Waals surface area contributed by atoms with Crippen molar-refractivity contribution in [3.63, 3.8) is 0 Å². The Hall–Kier alpha value is -4.57. The minimum Gasteiger partial charge on any atom is -0.481 e. The lowest BCUT2D eigenvalue weighted by Crippen LogP contribution is -2.48. The highest BCUT2D eigenvalue weighted by Gasteiger charge is 2.32. The van der Waals surface area contributed by atoms with Gasteiger partial charge in [-0.25, -0.2) is 9.97 Å². The molecule has 1 aliphatic rings. The molecule has 1 amide bonds. The van der Waals surface area contributed by atoms with Gasteiger partial charge in [0.25, 0.3) is 5.91 Å². The molecule has 7 nitrogen and oxygen atoms in total. The van der Waals surface area contributed by atoms with E-state index in [-0.39, 0.29) is 18.2 Å². The zero-order chi connectivity index (χ0) is 25.8. The average Bonchev–Trinajstić information content (AvgIpc) is 2.90. The van der Waals surface area contributed by atoms with Crippen molar-refractivity contribution in [2.45, 2.75) is 31.6 Å². The first-order valence-corrected chi connectivity index (χ1v) is 12.4. The van der Waals surface area contributed by atoms with Crippen molar-refractivity contribution < 1.29 is 14.7 Å². The predicted molar refractivity (Wildman–Crippen MR) is 140 cm³/mol. The number of aliphatic carboxylic acids is 1. The number of aromatic nitrogens is 2. The highest BCUT2D eigenvalue weighted by atomic mass is 16.4. The number of rotatable bonds is 8. The van der Waals surface area contributed by atoms with Crippen molar-refractivity contribution in [2.24, 2.45) is 0 Å². The number of benzene rings is 3. The molecule has 4 aromatic rings. The molecule has 7 heteroatoms. The summed E-state index contributed by atoms with van der Waals surface area (Å²) in [5.41, 5.74) is 6.25. The number of carbonyl (C=O) groups is 2. The van der Waals surface area contributed by atoms with Crippen LogP contribution < -0.4 is 0 Å². The van der Waals surface area contributed by atoms with Crippen molar-refractivity contribution in [1.29, 1.82) is 5.26 Å². The number of hydrogen-bond donors (Lipinski definition) is 1. The summed E-state index contributed by atoms with van der Waals surface area (Å²) in [7, 11) is 0. The minimum atomic E-state index is -0.802. The molecule has 5 rings (SSSR count). The van der Waals surface area contributed by atoms with E-state index in [2.05, 4.69) is 6.07 Å². The molecule has 37 heavy (non-hydrogen) atoms. The summed E-state index contributed by atoms with van der Waals surface area (Å²) in [6, 6.07) is 24.9. The predicted octanol–water partition coefficient (Wildman–Crippen LogP) is 5.21. The van der Waals surface area contributed by atoms with Gasteiger partial charge in [0.15, 0.2) is 0 Å². The third-order valence-electron chi connectivity index (χ3n) is 6.76. The molecule has 1 aromatic heterocycles. The molecule has 1 aliphatic heterocycles. The maximum atomic E-state index is 13.2. The first-order chi connectivity index (χ1) is 18.0. The van der Waals surface area contributed by atoms with Gasteiger partial charge in [-0.2, -0.15) is 5.26 Å². The third kappa shape index (κ3) is 5.34. The van der Waals surface area contributed by atoms with Gasteiger partial charge in [0, 0.05) is 36.6 Å². The molecule has 1 N–H and O–H groups in total. The molecule has 184 valence electrons. The van der Waals surface area contributed by atoms with E-state index in [1.165, 1.54) is 0 Å². The highest BCUT2D eigenvalue weighted by molar-refractivity contribution is 5.98. The normalized spacial score (nSPS) is 13.2. The van der Waals surface area contributed by atoms with Gasteiger partial charge in [0.2, 0.25) is 0 Å². The highest BCUT2D eigenvalue weighted by Crippen LogP contribution is 2.30. The summed E-state index contributed by atoms with van der Waals surface area (Å²) in [5, 5.41) is 17.9. The molecule has 0 radical (unpaired) electrons. The topological polar surface area (TPSA) is 107 Å². The number of amides is 1. The fraction of sp³-hybridized carbons (Fsp3) is 0.233. The van der Waals surface area contributed by atoms with Gasteiger partial charge in [0.05, 0.1) is 34.1 Å². The van der Waals surface area contributed by atoms with Crippen molar-refractivity contribution in [2.75, 3.05) is 13.1 Å². The van der Waals surface area contributed by atoms with Crippen LogP contribution >= 0.6 is 0 Å². The second-order valence-electron chi connectivity index (χ2n) is 9.33. The number of hydrogen-bond acceptors (Lipinski definition) is 5. The van der Waals surface area contributed by atoms with E-state index in [9.17, 15) is 9.59 Å². The van der Waals surface area contributed by atoms with E-state index >= 15 is 0 Å².